The Kier molecular flexibility index (Phi) is 4.16. The van der Waals surface area contributed by atoms with Gasteiger partial charge >= 0.3 is 0 Å². The highest BCUT2D eigenvalue weighted by Crippen LogP contribution is 2.39. The molecule has 0 fully saturated rings. The molecule has 19 heavy (non-hydrogen) atoms. The van der Waals surface area contributed by atoms with Crippen LogP contribution in [0.1, 0.15) is 31.7 Å². The molecule has 0 saturated heterocycles. The van der Waals surface area contributed by atoms with Crippen molar-refractivity contribution in [3.8, 4) is 0 Å². The summed E-state index contributed by atoms with van der Waals surface area (Å²) < 4.78 is 0. The molecule has 0 saturated carbocycles. The number of nitrogens with one attached hydrogen (secondary N) is 1. The smallest absolute Gasteiger partial charge is 0.229 e. The maximum atomic E-state index is 12.4. The lowest BCUT2D eigenvalue weighted by molar-refractivity contribution is -0.123. The van der Waals surface area contributed by atoms with Gasteiger partial charge in [-0.3, -0.25) is 4.79 Å². The van der Waals surface area contributed by atoms with E-state index in [-0.39, 0.29) is 11.8 Å². The molecule has 1 aliphatic heterocycles. The second-order valence-corrected chi connectivity index (χ2v) is 6.44. The summed E-state index contributed by atoms with van der Waals surface area (Å²) in [5.41, 5.74) is 6.24. The van der Waals surface area contributed by atoms with Gasteiger partial charge in [0.25, 0.3) is 0 Å². The van der Waals surface area contributed by atoms with E-state index in [1.807, 2.05) is 32.0 Å². The standard InChI is InChI=1S/C14H18N2OS2/c1-3-14(2,13(15)18)16-12(17)10-8-19-11-7-5-4-6-9(10)11/h4-7,10H,3,8H2,1-2H3,(H2,15,18)(H,16,17). The summed E-state index contributed by atoms with van der Waals surface area (Å²) in [6.07, 6.45) is 0.690. The van der Waals surface area contributed by atoms with Crippen molar-refractivity contribution in [1.29, 1.82) is 0 Å². The van der Waals surface area contributed by atoms with Crippen molar-refractivity contribution in [2.24, 2.45) is 5.73 Å². The lowest BCUT2D eigenvalue weighted by Gasteiger charge is -2.29. The average Bonchev–Trinajstić information content (AvgIpc) is 2.82. The molecule has 102 valence electrons. The van der Waals surface area contributed by atoms with Crippen LogP contribution in [-0.4, -0.2) is 22.2 Å². The molecular weight excluding hydrogens is 276 g/mol. The summed E-state index contributed by atoms with van der Waals surface area (Å²) in [5, 5.41) is 3.01. The molecule has 3 nitrogen and oxygen atoms in total. The van der Waals surface area contributed by atoms with Gasteiger partial charge in [0, 0.05) is 10.6 Å². The molecule has 0 bridgehead atoms. The van der Waals surface area contributed by atoms with Gasteiger partial charge in [-0.2, -0.15) is 0 Å². The van der Waals surface area contributed by atoms with E-state index in [2.05, 4.69) is 11.4 Å². The molecule has 2 unspecified atom stereocenters. The highest BCUT2D eigenvalue weighted by Gasteiger charge is 2.34. The van der Waals surface area contributed by atoms with Gasteiger partial charge in [0.2, 0.25) is 5.91 Å². The topological polar surface area (TPSA) is 55.1 Å². The number of hydrogen-bond donors (Lipinski definition) is 2. The molecule has 1 aromatic carbocycles. The number of amides is 1. The highest BCUT2D eigenvalue weighted by molar-refractivity contribution is 7.99. The number of rotatable bonds is 4. The second-order valence-electron chi connectivity index (χ2n) is 4.94. The molecule has 2 rings (SSSR count). The minimum Gasteiger partial charge on any atom is -0.391 e. The van der Waals surface area contributed by atoms with Crippen molar-refractivity contribution in [2.45, 2.75) is 36.6 Å². The molecule has 1 aliphatic rings. The molecule has 5 heteroatoms. The summed E-state index contributed by atoms with van der Waals surface area (Å²) >= 11 is 6.78. The number of nitrogens with two attached hydrogens (primary N) is 1. The number of carbonyl (C=O) groups excluding carboxylic acids is 1. The number of thiocarbonyl (C=S) groups is 1. The van der Waals surface area contributed by atoms with Crippen LogP contribution >= 0.6 is 24.0 Å². The third kappa shape index (κ3) is 2.77. The Labute approximate surface area is 123 Å². The summed E-state index contributed by atoms with van der Waals surface area (Å²) in [6, 6.07) is 8.04. The van der Waals surface area contributed by atoms with Crippen LogP contribution in [-0.2, 0) is 4.79 Å². The first-order chi connectivity index (χ1) is 8.98. The fraction of sp³-hybridized carbons (Fsp3) is 0.429. The third-order valence-corrected chi connectivity index (χ3v) is 5.30. The van der Waals surface area contributed by atoms with Crippen molar-refractivity contribution in [3.63, 3.8) is 0 Å². The molecule has 1 heterocycles. The number of hydrogen-bond acceptors (Lipinski definition) is 3. The van der Waals surface area contributed by atoms with E-state index in [0.29, 0.717) is 11.4 Å². The zero-order chi connectivity index (χ0) is 14.0. The maximum Gasteiger partial charge on any atom is 0.229 e. The minimum atomic E-state index is -0.603. The molecule has 2 atom stereocenters. The summed E-state index contributed by atoms with van der Waals surface area (Å²) in [5.74, 6) is 0.679. The molecule has 0 radical (unpaired) electrons. The van der Waals surface area contributed by atoms with Gasteiger partial charge in [0.05, 0.1) is 16.4 Å². The Morgan fingerprint density at radius 1 is 1.58 bits per heavy atom. The fourth-order valence-corrected chi connectivity index (χ4v) is 3.49. The van der Waals surface area contributed by atoms with Gasteiger partial charge in [0.15, 0.2) is 0 Å². The number of thioether (sulfide) groups is 1. The fourth-order valence-electron chi connectivity index (χ4n) is 2.06. The van der Waals surface area contributed by atoms with Crippen LogP contribution in [0.3, 0.4) is 0 Å². The summed E-state index contributed by atoms with van der Waals surface area (Å²) in [7, 11) is 0. The predicted molar refractivity (Wildman–Crippen MR) is 83.5 cm³/mol. The van der Waals surface area contributed by atoms with E-state index >= 15 is 0 Å². The van der Waals surface area contributed by atoms with Gasteiger partial charge in [-0.1, -0.05) is 37.3 Å². The van der Waals surface area contributed by atoms with Crippen molar-refractivity contribution >= 4 is 34.9 Å². The Hall–Kier alpha value is -1.07. The van der Waals surface area contributed by atoms with E-state index < -0.39 is 5.54 Å². The molecule has 0 spiro atoms. The normalized spacial score (nSPS) is 20.4. The first-order valence-electron chi connectivity index (χ1n) is 6.31. The summed E-state index contributed by atoms with van der Waals surface area (Å²) in [6.45, 7) is 3.85. The van der Waals surface area contributed by atoms with Crippen LogP contribution in [0.4, 0.5) is 0 Å². The Bertz CT molecular complexity index is 518. The monoisotopic (exact) mass is 294 g/mol. The van der Waals surface area contributed by atoms with Gasteiger partial charge in [-0.05, 0) is 25.0 Å². The van der Waals surface area contributed by atoms with Crippen molar-refractivity contribution in [3.05, 3.63) is 29.8 Å². The minimum absolute atomic E-state index is 0.00889. The number of carbonyl (C=O) groups is 1. The quantitative estimate of drug-likeness (QED) is 0.838. The number of benzene rings is 1. The van der Waals surface area contributed by atoms with E-state index in [1.165, 1.54) is 4.90 Å². The third-order valence-electron chi connectivity index (χ3n) is 3.67. The van der Waals surface area contributed by atoms with Crippen molar-refractivity contribution in [2.75, 3.05) is 5.75 Å². The molecule has 0 aromatic heterocycles. The first-order valence-corrected chi connectivity index (χ1v) is 7.71. The van der Waals surface area contributed by atoms with Crippen LogP contribution in [0.2, 0.25) is 0 Å². The van der Waals surface area contributed by atoms with Crippen molar-refractivity contribution in [1.82, 2.24) is 5.32 Å². The zero-order valence-corrected chi connectivity index (χ0v) is 12.7. The molecule has 0 aliphatic carbocycles. The lowest BCUT2D eigenvalue weighted by atomic mass is 9.95. The predicted octanol–water partition coefficient (Wildman–Crippen LogP) is 2.45. The van der Waals surface area contributed by atoms with Crippen LogP contribution in [0.25, 0.3) is 0 Å². The number of fused-ring (bicyclic) bond motifs is 1. The molecule has 3 N–H and O–H groups in total. The zero-order valence-electron chi connectivity index (χ0n) is 11.1. The van der Waals surface area contributed by atoms with Gasteiger partial charge in [0.1, 0.15) is 0 Å². The second kappa shape index (κ2) is 5.51. The molecular formula is C14H18N2OS2. The van der Waals surface area contributed by atoms with E-state index in [0.717, 1.165) is 11.3 Å². The summed E-state index contributed by atoms with van der Waals surface area (Å²) in [4.78, 5) is 14.0. The first kappa shape index (κ1) is 14.3. The molecule has 1 amide bonds. The Morgan fingerprint density at radius 2 is 2.26 bits per heavy atom. The van der Waals surface area contributed by atoms with Crippen LogP contribution in [0, 0.1) is 0 Å². The van der Waals surface area contributed by atoms with Gasteiger partial charge in [-0.25, -0.2) is 0 Å². The van der Waals surface area contributed by atoms with E-state index in [4.69, 9.17) is 18.0 Å². The Morgan fingerprint density at radius 3 is 2.89 bits per heavy atom. The van der Waals surface area contributed by atoms with Crippen LogP contribution in [0.15, 0.2) is 29.2 Å². The van der Waals surface area contributed by atoms with Crippen molar-refractivity contribution < 1.29 is 4.79 Å². The lowest BCUT2D eigenvalue weighted by Crippen LogP contribution is -2.55. The van der Waals surface area contributed by atoms with Gasteiger partial charge < -0.3 is 11.1 Å². The maximum absolute atomic E-state index is 12.4. The van der Waals surface area contributed by atoms with E-state index in [9.17, 15) is 4.79 Å². The average molecular weight is 294 g/mol. The van der Waals surface area contributed by atoms with Crippen LogP contribution < -0.4 is 11.1 Å². The Balaban J connectivity index is 2.17. The van der Waals surface area contributed by atoms with Crippen LogP contribution in [0.5, 0.6) is 0 Å². The molecule has 1 aromatic rings. The van der Waals surface area contributed by atoms with Gasteiger partial charge in [-0.15, -0.1) is 11.8 Å². The largest absolute Gasteiger partial charge is 0.391 e. The highest BCUT2D eigenvalue weighted by atomic mass is 32.2. The van der Waals surface area contributed by atoms with E-state index in [1.54, 1.807) is 11.8 Å². The SMILES string of the molecule is CCC(C)(NC(=O)C1CSc2ccccc21)C(N)=S.